The third-order valence-electron chi connectivity index (χ3n) is 4.18. The molecule has 5 N–H and O–H groups in total. The average molecular weight is 409 g/mol. The van der Waals surface area contributed by atoms with Crippen LogP contribution in [0.1, 0.15) is 39.5 Å². The number of nitrogens with zero attached hydrogens (tertiary/aromatic N) is 3. The van der Waals surface area contributed by atoms with E-state index in [9.17, 15) is 19.7 Å². The number of ether oxygens (including phenoxy) is 1. The van der Waals surface area contributed by atoms with Gasteiger partial charge in [-0.2, -0.15) is 0 Å². The number of carbonyl (C=O) groups is 2. The highest BCUT2D eigenvalue weighted by Crippen LogP contribution is 2.24. The van der Waals surface area contributed by atoms with E-state index in [1.54, 1.807) is 12.3 Å². The number of aliphatic imine (C=N–C) groups is 1. The highest BCUT2D eigenvalue weighted by Gasteiger charge is 2.37. The molecule has 1 amide bonds. The van der Waals surface area contributed by atoms with Gasteiger partial charge < -0.3 is 21.1 Å². The molecule has 0 aromatic carbocycles. The second-order valence-electron chi connectivity index (χ2n) is 6.31. The molecule has 0 bridgehead atoms. The Morgan fingerprint density at radius 3 is 2.74 bits per heavy atom. The lowest BCUT2D eigenvalue weighted by Crippen LogP contribution is -2.55. The van der Waals surface area contributed by atoms with E-state index in [1.807, 2.05) is 6.92 Å². The fourth-order valence-electron chi connectivity index (χ4n) is 2.84. The minimum absolute atomic E-state index is 0. The summed E-state index contributed by atoms with van der Waals surface area (Å²) in [5.41, 5.74) is 13.0. The number of nitrogens with one attached hydrogen (secondary N) is 1. The zero-order valence-corrected chi connectivity index (χ0v) is 16.4. The maximum absolute atomic E-state index is 12.6. The first-order valence-electron chi connectivity index (χ1n) is 8.69. The predicted molar refractivity (Wildman–Crippen MR) is 102 cm³/mol. The maximum atomic E-state index is 12.6. The molecule has 27 heavy (non-hydrogen) atoms. The third-order valence-corrected chi connectivity index (χ3v) is 4.18. The highest BCUT2D eigenvalue weighted by molar-refractivity contribution is 5.87. The van der Waals surface area contributed by atoms with Crippen LogP contribution in [-0.4, -0.2) is 59.5 Å². The van der Waals surface area contributed by atoms with E-state index < -0.39 is 23.1 Å². The fraction of sp³-hybridized carbons (Fsp3) is 0.800. The molecule has 1 fully saturated rings. The van der Waals surface area contributed by atoms with E-state index in [0.29, 0.717) is 31.7 Å². The number of halogens is 1. The normalized spacial score (nSPS) is 21.0. The first-order valence-corrected chi connectivity index (χ1v) is 8.69. The van der Waals surface area contributed by atoms with E-state index in [2.05, 4.69) is 4.99 Å². The van der Waals surface area contributed by atoms with E-state index >= 15 is 0 Å². The summed E-state index contributed by atoms with van der Waals surface area (Å²) in [6.07, 6.45) is 2.13. The fourth-order valence-corrected chi connectivity index (χ4v) is 2.84. The van der Waals surface area contributed by atoms with Crippen LogP contribution in [0.25, 0.3) is 0 Å². The molecule has 0 saturated carbocycles. The van der Waals surface area contributed by atoms with Crippen molar-refractivity contribution in [2.75, 3.05) is 19.7 Å². The zero-order valence-electron chi connectivity index (χ0n) is 15.6. The minimum Gasteiger partial charge on any atom is -0.464 e. The zero-order chi connectivity index (χ0) is 19.7. The van der Waals surface area contributed by atoms with Crippen LogP contribution in [0, 0.1) is 16.0 Å². The third kappa shape index (κ3) is 8.39. The van der Waals surface area contributed by atoms with E-state index in [-0.39, 0.29) is 37.4 Å². The molecule has 0 aromatic heterocycles. The molecule has 0 radical (unpaired) electrons. The van der Waals surface area contributed by atoms with Crippen molar-refractivity contribution >= 4 is 30.2 Å². The van der Waals surface area contributed by atoms with Gasteiger partial charge >= 0.3 is 5.97 Å². The summed E-state index contributed by atoms with van der Waals surface area (Å²) in [6, 6.07) is -1.38. The number of likely N-dealkylation sites (tertiary alicyclic amines) is 1. The van der Waals surface area contributed by atoms with Crippen LogP contribution in [0.3, 0.4) is 0 Å². The number of piperidine rings is 1. The SMILES string of the molecule is CCOC(=O)C1CC(C)CCN1C(=O)C(N)CCCN=C(N)N[N+](=O)[O-].Cl. The van der Waals surface area contributed by atoms with Gasteiger partial charge in [0.2, 0.25) is 5.91 Å². The highest BCUT2D eigenvalue weighted by atomic mass is 35.5. The molecular weight excluding hydrogens is 380 g/mol. The molecule has 3 unspecified atom stereocenters. The smallest absolute Gasteiger partial charge is 0.328 e. The lowest BCUT2D eigenvalue weighted by Gasteiger charge is -2.38. The van der Waals surface area contributed by atoms with E-state index in [4.69, 9.17) is 16.2 Å². The van der Waals surface area contributed by atoms with E-state index in [1.165, 1.54) is 4.90 Å². The van der Waals surface area contributed by atoms with Crippen LogP contribution in [0.15, 0.2) is 4.99 Å². The molecule has 11 nitrogen and oxygen atoms in total. The van der Waals surface area contributed by atoms with Gasteiger partial charge in [0, 0.05) is 13.1 Å². The summed E-state index contributed by atoms with van der Waals surface area (Å²) < 4.78 is 5.08. The van der Waals surface area contributed by atoms with Gasteiger partial charge in [-0.15, -0.1) is 12.4 Å². The number of rotatable bonds is 8. The number of nitro groups is 1. The second kappa shape index (κ2) is 12.3. The van der Waals surface area contributed by atoms with Gasteiger partial charge in [-0.05, 0) is 38.5 Å². The standard InChI is InChI=1S/C15H28N6O5.ClH/c1-3-26-14(23)12-9-10(2)6-8-20(12)13(22)11(16)5-4-7-18-15(17)19-21(24)25;/h10-12H,3-9,16H2,1-2H3,(H3,17,18,19);1H. The molecule has 1 aliphatic rings. The summed E-state index contributed by atoms with van der Waals surface area (Å²) in [4.78, 5) is 40.3. The summed E-state index contributed by atoms with van der Waals surface area (Å²) in [5, 5.41) is 9.39. The monoisotopic (exact) mass is 408 g/mol. The molecule has 0 aromatic rings. The van der Waals surface area contributed by atoms with E-state index in [0.717, 1.165) is 6.42 Å². The number of guanidine groups is 1. The number of nitrogens with two attached hydrogens (primary N) is 2. The quantitative estimate of drug-likeness (QED) is 0.124. The van der Waals surface area contributed by atoms with Gasteiger partial charge in [0.15, 0.2) is 5.03 Å². The van der Waals surface area contributed by atoms with Gasteiger partial charge in [0.05, 0.1) is 12.6 Å². The topological polar surface area (TPSA) is 166 Å². The first-order chi connectivity index (χ1) is 12.3. The second-order valence-corrected chi connectivity index (χ2v) is 6.31. The lowest BCUT2D eigenvalue weighted by molar-refractivity contribution is -0.525. The predicted octanol–water partition coefficient (Wildman–Crippen LogP) is -0.198. The number of amides is 1. The number of carbonyl (C=O) groups excluding carboxylic acids is 2. The van der Waals surface area contributed by atoms with Gasteiger partial charge in [-0.25, -0.2) is 19.9 Å². The summed E-state index contributed by atoms with van der Waals surface area (Å²) in [5.74, 6) is -0.670. The van der Waals surface area contributed by atoms with Crippen LogP contribution < -0.4 is 16.9 Å². The largest absolute Gasteiger partial charge is 0.464 e. The average Bonchev–Trinajstić information content (AvgIpc) is 2.57. The number of hydrogen-bond acceptors (Lipinski definition) is 7. The Morgan fingerprint density at radius 1 is 1.48 bits per heavy atom. The Labute approximate surface area is 164 Å². The molecule has 12 heteroatoms. The summed E-state index contributed by atoms with van der Waals surface area (Å²) >= 11 is 0. The Bertz CT molecular complexity index is 547. The summed E-state index contributed by atoms with van der Waals surface area (Å²) in [6.45, 7) is 4.69. The summed E-state index contributed by atoms with van der Waals surface area (Å²) in [7, 11) is 0. The maximum Gasteiger partial charge on any atom is 0.328 e. The molecule has 1 rings (SSSR count). The molecule has 1 aliphatic heterocycles. The van der Waals surface area contributed by atoms with Gasteiger partial charge in [0.25, 0.3) is 5.96 Å². The van der Waals surface area contributed by atoms with Gasteiger partial charge in [-0.1, -0.05) is 12.3 Å². The van der Waals surface area contributed by atoms with Crippen LogP contribution in [0.5, 0.6) is 0 Å². The van der Waals surface area contributed by atoms with Crippen LogP contribution >= 0.6 is 12.4 Å². The lowest BCUT2D eigenvalue weighted by atomic mass is 9.91. The number of esters is 1. The Hall–Kier alpha value is -2.14. The molecule has 3 atom stereocenters. The molecular formula is C15H29ClN6O5. The van der Waals surface area contributed by atoms with Crippen molar-refractivity contribution in [2.45, 2.75) is 51.6 Å². The molecule has 0 aliphatic carbocycles. The van der Waals surface area contributed by atoms with Crippen molar-refractivity contribution in [1.29, 1.82) is 0 Å². The number of hydrogen-bond donors (Lipinski definition) is 3. The van der Waals surface area contributed by atoms with Crippen LogP contribution in [0.4, 0.5) is 0 Å². The van der Waals surface area contributed by atoms with Crippen molar-refractivity contribution < 1.29 is 19.4 Å². The minimum atomic E-state index is -0.805. The molecule has 1 saturated heterocycles. The Morgan fingerprint density at radius 2 is 2.15 bits per heavy atom. The van der Waals surface area contributed by atoms with Gasteiger partial charge in [0.1, 0.15) is 6.04 Å². The molecule has 156 valence electrons. The van der Waals surface area contributed by atoms with Crippen molar-refractivity contribution in [2.24, 2.45) is 22.4 Å². The van der Waals surface area contributed by atoms with Crippen molar-refractivity contribution in [3.05, 3.63) is 10.1 Å². The Kier molecular flexibility index (Phi) is 11.3. The van der Waals surface area contributed by atoms with Gasteiger partial charge in [-0.3, -0.25) is 4.79 Å². The van der Waals surface area contributed by atoms with Crippen LogP contribution in [-0.2, 0) is 14.3 Å². The van der Waals surface area contributed by atoms with Crippen molar-refractivity contribution in [3.8, 4) is 0 Å². The Balaban J connectivity index is 0.00000676. The number of hydrazine groups is 1. The first kappa shape index (κ1) is 24.9. The molecule has 1 heterocycles. The van der Waals surface area contributed by atoms with Crippen LogP contribution in [0.2, 0.25) is 0 Å². The van der Waals surface area contributed by atoms with Crippen molar-refractivity contribution in [3.63, 3.8) is 0 Å². The van der Waals surface area contributed by atoms with Crippen molar-refractivity contribution in [1.82, 2.24) is 10.3 Å². The molecule has 0 spiro atoms.